The van der Waals surface area contributed by atoms with Crippen LogP contribution in [0.15, 0.2) is 12.2 Å². The van der Waals surface area contributed by atoms with Gasteiger partial charge in [0.1, 0.15) is 6.23 Å². The van der Waals surface area contributed by atoms with Crippen molar-refractivity contribution in [1.82, 2.24) is 10.2 Å². The molecule has 0 saturated carbocycles. The first kappa shape index (κ1) is 21.4. The third-order valence-corrected chi connectivity index (χ3v) is 5.05. The van der Waals surface area contributed by atoms with E-state index in [0.717, 1.165) is 6.42 Å². The molecule has 7 nitrogen and oxygen atoms in total. The number of likely N-dealkylation sites (tertiary alicyclic amines) is 1. The van der Waals surface area contributed by atoms with Crippen LogP contribution < -0.4 is 5.32 Å². The predicted molar refractivity (Wildman–Crippen MR) is 95.3 cm³/mol. The van der Waals surface area contributed by atoms with Crippen LogP contribution in [-0.4, -0.2) is 60.1 Å². The Hall–Kier alpha value is -1.60. The minimum Gasteiger partial charge on any atom is -0.465 e. The van der Waals surface area contributed by atoms with Gasteiger partial charge in [0.2, 0.25) is 5.91 Å². The van der Waals surface area contributed by atoms with Crippen molar-refractivity contribution < 1.29 is 24.2 Å². The smallest absolute Gasteiger partial charge is 0.409 e. The molecular weight excluding hydrogens is 324 g/mol. The molecule has 0 bridgehead atoms. The fourth-order valence-electron chi connectivity index (χ4n) is 3.89. The lowest BCUT2D eigenvalue weighted by atomic mass is 9.81. The van der Waals surface area contributed by atoms with E-state index < -0.39 is 30.0 Å². The average Bonchev–Trinajstić information content (AvgIpc) is 2.91. The summed E-state index contributed by atoms with van der Waals surface area (Å²) in [6, 6.07) is -0.966. The Morgan fingerprint density at radius 3 is 2.48 bits per heavy atom. The van der Waals surface area contributed by atoms with Gasteiger partial charge in [-0.15, -0.1) is 0 Å². The molecule has 1 heterocycles. The van der Waals surface area contributed by atoms with Gasteiger partial charge in [-0.05, 0) is 20.3 Å². The molecule has 1 unspecified atom stereocenters. The highest BCUT2D eigenvalue weighted by Gasteiger charge is 2.52. The van der Waals surface area contributed by atoms with Crippen molar-refractivity contribution in [3.8, 4) is 0 Å². The summed E-state index contributed by atoms with van der Waals surface area (Å²) < 4.78 is 11.2. The highest BCUT2D eigenvalue weighted by atomic mass is 16.5. The highest BCUT2D eigenvalue weighted by Crippen LogP contribution is 2.38. The van der Waals surface area contributed by atoms with Crippen molar-refractivity contribution in [3.63, 3.8) is 0 Å². The first-order valence-corrected chi connectivity index (χ1v) is 8.74. The highest BCUT2D eigenvalue weighted by molar-refractivity contribution is 5.74. The SMILES string of the molecule is CC=C[C@@H]1CC(OC)N(C(=O)O)[C@H]1[C@@H](NC(C)=O)[C@](C)(CCC)OC. The van der Waals surface area contributed by atoms with Gasteiger partial charge in [-0.2, -0.15) is 0 Å². The van der Waals surface area contributed by atoms with E-state index in [1.165, 1.54) is 18.9 Å². The maximum Gasteiger partial charge on any atom is 0.409 e. The normalized spacial score (nSPS) is 27.3. The van der Waals surface area contributed by atoms with E-state index in [4.69, 9.17) is 9.47 Å². The summed E-state index contributed by atoms with van der Waals surface area (Å²) in [6.45, 7) is 7.29. The van der Waals surface area contributed by atoms with Crippen LogP contribution in [0.5, 0.6) is 0 Å². The zero-order chi connectivity index (χ0) is 19.2. The van der Waals surface area contributed by atoms with Gasteiger partial charge < -0.3 is 19.9 Å². The molecule has 0 spiro atoms. The van der Waals surface area contributed by atoms with Gasteiger partial charge in [-0.3, -0.25) is 9.69 Å². The molecule has 1 aliphatic rings. The Labute approximate surface area is 150 Å². The minimum atomic E-state index is -1.06. The molecule has 0 aliphatic carbocycles. The van der Waals surface area contributed by atoms with E-state index in [1.807, 2.05) is 32.9 Å². The number of carbonyl (C=O) groups is 2. The van der Waals surface area contributed by atoms with Gasteiger partial charge in [-0.25, -0.2) is 4.79 Å². The first-order valence-electron chi connectivity index (χ1n) is 8.74. The quantitative estimate of drug-likeness (QED) is 0.653. The fraction of sp³-hybridized carbons (Fsp3) is 0.778. The van der Waals surface area contributed by atoms with Gasteiger partial charge in [0.25, 0.3) is 0 Å². The summed E-state index contributed by atoms with van der Waals surface area (Å²) in [5, 5.41) is 12.7. The average molecular weight is 356 g/mol. The maximum absolute atomic E-state index is 12.0. The number of allylic oxidation sites excluding steroid dienone is 1. The van der Waals surface area contributed by atoms with Crippen LogP contribution in [0.2, 0.25) is 0 Å². The molecule has 0 aromatic rings. The van der Waals surface area contributed by atoms with E-state index in [1.54, 1.807) is 7.11 Å². The van der Waals surface area contributed by atoms with Crippen molar-refractivity contribution in [1.29, 1.82) is 0 Å². The van der Waals surface area contributed by atoms with Crippen LogP contribution >= 0.6 is 0 Å². The number of hydrogen-bond acceptors (Lipinski definition) is 4. The summed E-state index contributed by atoms with van der Waals surface area (Å²) in [6.07, 6.45) is 4.36. The third kappa shape index (κ3) is 4.73. The Balaban J connectivity index is 3.42. The summed E-state index contributed by atoms with van der Waals surface area (Å²) in [7, 11) is 3.10. The van der Waals surface area contributed by atoms with Crippen LogP contribution in [0, 0.1) is 5.92 Å². The van der Waals surface area contributed by atoms with Crippen molar-refractivity contribution in [2.24, 2.45) is 5.92 Å². The van der Waals surface area contributed by atoms with Crippen LogP contribution in [0.4, 0.5) is 4.79 Å². The standard InChI is InChI=1S/C18H32N2O5/c1-7-9-13-11-14(24-5)20(17(22)23)15(13)16(19-12(3)21)18(4,25-6)10-8-2/h7,9,13-16H,8,10-11H2,1-6H3,(H,19,21)(H,22,23)/t13-,14?,15-,16-,18+/m1/s1. The topological polar surface area (TPSA) is 88.1 Å². The largest absolute Gasteiger partial charge is 0.465 e. The Morgan fingerprint density at radius 2 is 2.08 bits per heavy atom. The molecule has 0 aromatic heterocycles. The molecule has 144 valence electrons. The number of methoxy groups -OCH3 is 2. The second-order valence-electron chi connectivity index (χ2n) is 6.74. The molecule has 5 atom stereocenters. The number of amides is 2. The molecule has 2 N–H and O–H groups in total. The lowest BCUT2D eigenvalue weighted by Gasteiger charge is -2.44. The second kappa shape index (κ2) is 9.20. The van der Waals surface area contributed by atoms with Crippen molar-refractivity contribution in [3.05, 3.63) is 12.2 Å². The monoisotopic (exact) mass is 356 g/mol. The number of nitrogens with one attached hydrogen (secondary N) is 1. The van der Waals surface area contributed by atoms with E-state index in [-0.39, 0.29) is 11.8 Å². The molecular formula is C18H32N2O5. The third-order valence-electron chi connectivity index (χ3n) is 5.05. The van der Waals surface area contributed by atoms with Crippen molar-refractivity contribution in [2.45, 2.75) is 70.9 Å². The van der Waals surface area contributed by atoms with Gasteiger partial charge in [0.15, 0.2) is 0 Å². The molecule has 7 heteroatoms. The van der Waals surface area contributed by atoms with Crippen molar-refractivity contribution in [2.75, 3.05) is 14.2 Å². The number of carboxylic acid groups (broad SMARTS) is 1. The van der Waals surface area contributed by atoms with Gasteiger partial charge in [0, 0.05) is 33.5 Å². The molecule has 25 heavy (non-hydrogen) atoms. The van der Waals surface area contributed by atoms with Gasteiger partial charge >= 0.3 is 6.09 Å². The number of nitrogens with zero attached hydrogens (tertiary/aromatic N) is 1. The fourth-order valence-corrected chi connectivity index (χ4v) is 3.89. The number of hydrogen-bond donors (Lipinski definition) is 2. The van der Waals surface area contributed by atoms with Crippen LogP contribution in [-0.2, 0) is 14.3 Å². The number of ether oxygens (including phenoxy) is 2. The van der Waals surface area contributed by atoms with E-state index in [0.29, 0.717) is 12.8 Å². The molecule has 1 saturated heterocycles. The summed E-state index contributed by atoms with van der Waals surface area (Å²) >= 11 is 0. The molecule has 2 amide bonds. The maximum atomic E-state index is 12.0. The molecule has 1 rings (SSSR count). The van der Waals surface area contributed by atoms with Gasteiger partial charge in [0.05, 0.1) is 17.7 Å². The van der Waals surface area contributed by atoms with E-state index >= 15 is 0 Å². The lowest BCUT2D eigenvalue weighted by Crippen LogP contribution is -2.63. The van der Waals surface area contributed by atoms with Crippen LogP contribution in [0.25, 0.3) is 0 Å². The summed E-state index contributed by atoms with van der Waals surface area (Å²) in [5.41, 5.74) is -0.693. The van der Waals surface area contributed by atoms with E-state index in [2.05, 4.69) is 5.32 Å². The van der Waals surface area contributed by atoms with E-state index in [9.17, 15) is 14.7 Å². The lowest BCUT2D eigenvalue weighted by molar-refractivity contribution is -0.125. The Morgan fingerprint density at radius 1 is 1.44 bits per heavy atom. The molecule has 1 fully saturated rings. The van der Waals surface area contributed by atoms with Crippen LogP contribution in [0.1, 0.15) is 47.0 Å². The molecule has 1 aliphatic heterocycles. The van der Waals surface area contributed by atoms with Gasteiger partial charge in [-0.1, -0.05) is 25.5 Å². The minimum absolute atomic E-state index is 0.0748. The zero-order valence-electron chi connectivity index (χ0n) is 16.1. The van der Waals surface area contributed by atoms with Crippen LogP contribution in [0.3, 0.4) is 0 Å². The molecule has 0 aromatic carbocycles. The summed E-state index contributed by atoms with van der Waals surface area (Å²) in [5.74, 6) is -0.288. The Kier molecular flexibility index (Phi) is 7.89. The van der Waals surface area contributed by atoms with Crippen molar-refractivity contribution >= 4 is 12.0 Å². The second-order valence-corrected chi connectivity index (χ2v) is 6.74. The molecule has 0 radical (unpaired) electrons. The summed E-state index contributed by atoms with van der Waals surface area (Å²) in [4.78, 5) is 25.2. The zero-order valence-corrected chi connectivity index (χ0v) is 16.1. The first-order chi connectivity index (χ1) is 11.7. The predicted octanol–water partition coefficient (Wildman–Crippen LogP) is 2.61. The number of rotatable bonds is 8. The number of carbonyl (C=O) groups excluding carboxylic acids is 1. The Bertz CT molecular complexity index is 496.